The molecule has 0 bridgehead atoms. The van der Waals surface area contributed by atoms with Crippen LogP contribution in [0.25, 0.3) is 0 Å². The summed E-state index contributed by atoms with van der Waals surface area (Å²) in [6.07, 6.45) is 26.9. The van der Waals surface area contributed by atoms with Gasteiger partial charge in [0.1, 0.15) is 9.84 Å². The van der Waals surface area contributed by atoms with E-state index >= 15 is 0 Å². The number of unbranched alkanes of at least 4 members (excludes halogenated alkanes) is 19. The summed E-state index contributed by atoms with van der Waals surface area (Å²) in [7, 11) is -3.01. The van der Waals surface area contributed by atoms with Crippen molar-refractivity contribution in [3.05, 3.63) is 0 Å². The maximum atomic E-state index is 12.1. The molecule has 0 fully saturated rings. The van der Waals surface area contributed by atoms with Gasteiger partial charge in [0.05, 0.1) is 18.1 Å². The average Bonchev–Trinajstić information content (AvgIpc) is 2.81. The maximum Gasteiger partial charge on any atom is 0.305 e. The van der Waals surface area contributed by atoms with Crippen molar-refractivity contribution in [2.45, 2.75) is 162 Å². The zero-order valence-corrected chi connectivity index (χ0v) is 23.7. The Bertz CT molecular complexity index is 530. The van der Waals surface area contributed by atoms with E-state index in [-0.39, 0.29) is 24.1 Å². The maximum absolute atomic E-state index is 12.1. The molecule has 0 heterocycles. The van der Waals surface area contributed by atoms with Crippen LogP contribution in [-0.2, 0) is 19.4 Å². The summed E-state index contributed by atoms with van der Waals surface area (Å²) in [5.74, 6) is 0.230. The van der Waals surface area contributed by atoms with Gasteiger partial charge in [0.25, 0.3) is 0 Å². The molecule has 0 rings (SSSR count). The van der Waals surface area contributed by atoms with Crippen LogP contribution in [0.5, 0.6) is 0 Å². The van der Waals surface area contributed by atoms with E-state index < -0.39 is 9.84 Å². The minimum Gasteiger partial charge on any atom is -0.466 e. The van der Waals surface area contributed by atoms with Crippen LogP contribution in [0.3, 0.4) is 0 Å². The zero-order chi connectivity index (χ0) is 25.2. The summed E-state index contributed by atoms with van der Waals surface area (Å²) in [6.45, 7) is 4.71. The Kier molecular flexibility index (Phi) is 25.1. The fraction of sp³-hybridized carbons (Fsp3) is 0.966. The topological polar surface area (TPSA) is 60.4 Å². The van der Waals surface area contributed by atoms with Crippen molar-refractivity contribution in [2.75, 3.05) is 18.1 Å². The van der Waals surface area contributed by atoms with Crippen molar-refractivity contribution < 1.29 is 17.9 Å². The number of carbonyl (C=O) groups is 1. The van der Waals surface area contributed by atoms with Gasteiger partial charge in [-0.2, -0.15) is 0 Å². The molecular formula is C29H58O4S. The number of hydrogen-bond acceptors (Lipinski definition) is 4. The minimum absolute atomic E-state index is 0.134. The van der Waals surface area contributed by atoms with E-state index in [1.54, 1.807) is 0 Å². The van der Waals surface area contributed by atoms with Gasteiger partial charge in [0.2, 0.25) is 0 Å². The van der Waals surface area contributed by atoms with Crippen molar-refractivity contribution in [1.29, 1.82) is 0 Å². The van der Waals surface area contributed by atoms with Crippen LogP contribution in [0.1, 0.15) is 162 Å². The van der Waals surface area contributed by atoms with Crippen molar-refractivity contribution in [1.82, 2.24) is 0 Å². The van der Waals surface area contributed by atoms with Crippen LogP contribution in [0.2, 0.25) is 0 Å². The van der Waals surface area contributed by atoms with E-state index in [0.29, 0.717) is 12.8 Å². The molecule has 0 unspecified atom stereocenters. The largest absolute Gasteiger partial charge is 0.466 e. The molecule has 0 aliphatic carbocycles. The molecule has 4 nitrogen and oxygen atoms in total. The molecule has 0 radical (unpaired) electrons. The Morgan fingerprint density at radius 1 is 0.500 bits per heavy atom. The van der Waals surface area contributed by atoms with E-state index in [9.17, 15) is 13.2 Å². The molecule has 0 N–H and O–H groups in total. The second kappa shape index (κ2) is 25.5. The van der Waals surface area contributed by atoms with Gasteiger partial charge < -0.3 is 4.74 Å². The van der Waals surface area contributed by atoms with Crippen molar-refractivity contribution >= 4 is 15.8 Å². The van der Waals surface area contributed by atoms with Crippen molar-refractivity contribution in [3.63, 3.8) is 0 Å². The summed E-state index contributed by atoms with van der Waals surface area (Å²) in [6, 6.07) is 0. The summed E-state index contributed by atoms with van der Waals surface area (Å²) in [4.78, 5) is 11.8. The highest BCUT2D eigenvalue weighted by molar-refractivity contribution is 7.91. The molecular weight excluding hydrogens is 444 g/mol. The van der Waals surface area contributed by atoms with Crippen LogP contribution < -0.4 is 0 Å². The normalized spacial score (nSPS) is 11.7. The summed E-state index contributed by atoms with van der Waals surface area (Å²) >= 11 is 0. The first-order valence-corrected chi connectivity index (χ1v) is 16.7. The van der Waals surface area contributed by atoms with Crippen LogP contribution in [0.4, 0.5) is 0 Å². The molecule has 34 heavy (non-hydrogen) atoms. The Morgan fingerprint density at radius 2 is 0.853 bits per heavy atom. The van der Waals surface area contributed by atoms with E-state index in [1.165, 1.54) is 103 Å². The number of esters is 1. The van der Waals surface area contributed by atoms with Gasteiger partial charge >= 0.3 is 5.97 Å². The van der Waals surface area contributed by atoms with Gasteiger partial charge in [0.15, 0.2) is 0 Å². The fourth-order valence-corrected chi connectivity index (χ4v) is 5.79. The minimum atomic E-state index is -3.01. The second-order valence-corrected chi connectivity index (χ2v) is 12.5. The Balaban J connectivity index is 3.41. The molecule has 0 atom stereocenters. The van der Waals surface area contributed by atoms with E-state index in [2.05, 4.69) is 13.8 Å². The first kappa shape index (κ1) is 33.4. The molecule has 0 aliphatic heterocycles. The predicted octanol–water partition coefficient (Wildman–Crippen LogP) is 8.96. The van der Waals surface area contributed by atoms with Crippen LogP contribution in [0, 0.1) is 0 Å². The highest BCUT2D eigenvalue weighted by Gasteiger charge is 2.11. The van der Waals surface area contributed by atoms with Gasteiger partial charge in [-0.05, 0) is 19.3 Å². The lowest BCUT2D eigenvalue weighted by Gasteiger charge is -2.07. The second-order valence-electron chi connectivity index (χ2n) is 10.2. The lowest BCUT2D eigenvalue weighted by molar-refractivity contribution is -0.143. The Labute approximate surface area is 213 Å². The van der Waals surface area contributed by atoms with Crippen LogP contribution in [-0.4, -0.2) is 32.5 Å². The quantitative estimate of drug-likeness (QED) is 0.0830. The molecule has 204 valence electrons. The molecule has 0 aromatic rings. The smallest absolute Gasteiger partial charge is 0.305 e. The molecule has 0 saturated carbocycles. The number of sulfone groups is 1. The zero-order valence-electron chi connectivity index (χ0n) is 22.9. The molecule has 0 aromatic heterocycles. The van der Waals surface area contributed by atoms with E-state index in [0.717, 1.165) is 32.1 Å². The highest BCUT2D eigenvalue weighted by atomic mass is 32.2. The molecule has 0 amide bonds. The third kappa shape index (κ3) is 26.0. The van der Waals surface area contributed by atoms with Crippen molar-refractivity contribution in [2.24, 2.45) is 0 Å². The van der Waals surface area contributed by atoms with Gasteiger partial charge in [-0.15, -0.1) is 0 Å². The molecule has 0 aromatic carbocycles. The van der Waals surface area contributed by atoms with Crippen molar-refractivity contribution in [3.8, 4) is 0 Å². The number of hydrogen-bond donors (Lipinski definition) is 0. The summed E-state index contributed by atoms with van der Waals surface area (Å²) < 4.78 is 29.5. The molecule has 0 aliphatic rings. The van der Waals surface area contributed by atoms with E-state index in [4.69, 9.17) is 4.74 Å². The van der Waals surface area contributed by atoms with Crippen LogP contribution >= 0.6 is 0 Å². The first-order valence-electron chi connectivity index (χ1n) is 14.9. The first-order chi connectivity index (χ1) is 16.5. The third-order valence-corrected chi connectivity index (χ3v) is 8.48. The van der Waals surface area contributed by atoms with Gasteiger partial charge in [-0.25, -0.2) is 8.42 Å². The van der Waals surface area contributed by atoms with Gasteiger partial charge in [0, 0.05) is 6.42 Å². The SMILES string of the molecule is CCCCCCCCCCCCCCCC(=O)OCCCS(=O)(=O)CCCCCCCCCC. The lowest BCUT2D eigenvalue weighted by Crippen LogP contribution is -2.14. The molecule has 0 saturated heterocycles. The number of ether oxygens (including phenoxy) is 1. The van der Waals surface area contributed by atoms with Crippen LogP contribution in [0.15, 0.2) is 0 Å². The van der Waals surface area contributed by atoms with Gasteiger partial charge in [-0.3, -0.25) is 4.79 Å². The third-order valence-electron chi connectivity index (χ3n) is 6.66. The average molecular weight is 503 g/mol. The molecule has 0 spiro atoms. The highest BCUT2D eigenvalue weighted by Crippen LogP contribution is 2.13. The van der Waals surface area contributed by atoms with Gasteiger partial charge in [-0.1, -0.05) is 136 Å². The Hall–Kier alpha value is -0.580. The number of carbonyl (C=O) groups excluding carboxylic acids is 1. The molecule has 5 heteroatoms. The standard InChI is InChI=1S/C29H58O4S/c1-3-5-7-9-11-13-14-15-16-17-18-20-22-25-29(30)33-26-24-28-34(31,32)27-23-21-19-12-10-8-6-4-2/h3-28H2,1-2H3. The number of rotatable bonds is 27. The monoisotopic (exact) mass is 502 g/mol. The van der Waals surface area contributed by atoms with E-state index in [1.807, 2.05) is 0 Å². The summed E-state index contributed by atoms with van der Waals surface area (Å²) in [5.41, 5.74) is 0. The predicted molar refractivity (Wildman–Crippen MR) is 147 cm³/mol. The summed E-state index contributed by atoms with van der Waals surface area (Å²) in [5, 5.41) is 0. The Morgan fingerprint density at radius 3 is 1.29 bits per heavy atom. The lowest BCUT2D eigenvalue weighted by atomic mass is 10.0. The fourth-order valence-electron chi connectivity index (χ4n) is 4.38.